The normalized spacial score (nSPS) is 15.1. The molecule has 2 aromatic carbocycles. The van der Waals surface area contributed by atoms with E-state index in [0.717, 1.165) is 25.9 Å². The Balaban J connectivity index is 1.70. The molecule has 0 bridgehead atoms. The van der Waals surface area contributed by atoms with Gasteiger partial charge in [-0.3, -0.25) is 9.59 Å². The van der Waals surface area contributed by atoms with Crippen LogP contribution in [0, 0.1) is 0 Å². The zero-order valence-electron chi connectivity index (χ0n) is 17.5. The third-order valence-corrected chi connectivity index (χ3v) is 7.51. The van der Waals surface area contributed by atoms with E-state index >= 15 is 0 Å². The Bertz CT molecular complexity index is 982. The van der Waals surface area contributed by atoms with Crippen LogP contribution in [0.25, 0.3) is 0 Å². The highest BCUT2D eigenvalue weighted by Gasteiger charge is 2.32. The zero-order valence-corrected chi connectivity index (χ0v) is 18.3. The zero-order chi connectivity index (χ0) is 21.7. The average Bonchev–Trinajstić information content (AvgIpc) is 3.29. The van der Waals surface area contributed by atoms with Gasteiger partial charge in [0.15, 0.2) is 9.84 Å². The van der Waals surface area contributed by atoms with E-state index in [1.165, 1.54) is 11.8 Å². The molecule has 7 heteroatoms. The molecule has 1 atom stereocenters. The molecule has 0 N–H and O–H groups in total. The van der Waals surface area contributed by atoms with Crippen molar-refractivity contribution in [2.45, 2.75) is 37.7 Å². The number of hydrogen-bond donors (Lipinski definition) is 0. The van der Waals surface area contributed by atoms with E-state index in [-0.39, 0.29) is 11.7 Å². The van der Waals surface area contributed by atoms with Gasteiger partial charge in [0, 0.05) is 30.9 Å². The summed E-state index contributed by atoms with van der Waals surface area (Å²) in [6.07, 6.45) is 2.04. The van der Waals surface area contributed by atoms with Crippen molar-refractivity contribution in [2.24, 2.45) is 0 Å². The standard InChI is InChI=1S/C23H28N2O4S/c1-3-25(21-9-5-4-6-10-21)22(26)18(2)30(28,29)17-19-11-13-20(14-12-19)23(27)24-15-7-8-16-24/h4-6,9-14,18H,3,7-8,15-17H2,1-2H3/t18-/m0/s1. The maximum Gasteiger partial charge on any atom is 0.253 e. The lowest BCUT2D eigenvalue weighted by molar-refractivity contribution is -0.117. The number of anilines is 1. The maximum absolute atomic E-state index is 12.9. The number of hydrogen-bond acceptors (Lipinski definition) is 4. The first-order chi connectivity index (χ1) is 14.3. The molecule has 0 aliphatic carbocycles. The summed E-state index contributed by atoms with van der Waals surface area (Å²) < 4.78 is 25.8. The van der Waals surface area contributed by atoms with Crippen molar-refractivity contribution in [3.05, 3.63) is 65.7 Å². The first-order valence-corrected chi connectivity index (χ1v) is 12.0. The van der Waals surface area contributed by atoms with Crippen LogP contribution >= 0.6 is 0 Å². The highest BCUT2D eigenvalue weighted by Crippen LogP contribution is 2.20. The van der Waals surface area contributed by atoms with Gasteiger partial charge >= 0.3 is 0 Å². The fourth-order valence-electron chi connectivity index (χ4n) is 3.65. The second-order valence-corrected chi connectivity index (χ2v) is 9.89. The predicted octanol–water partition coefficient (Wildman–Crippen LogP) is 3.28. The number of likely N-dealkylation sites (tertiary alicyclic amines) is 1. The van der Waals surface area contributed by atoms with E-state index < -0.39 is 21.0 Å². The number of sulfone groups is 1. The Labute approximate surface area is 178 Å². The summed E-state index contributed by atoms with van der Waals surface area (Å²) in [5.41, 5.74) is 1.80. The van der Waals surface area contributed by atoms with Crippen molar-refractivity contribution in [3.8, 4) is 0 Å². The van der Waals surface area contributed by atoms with E-state index in [1.54, 1.807) is 36.4 Å². The van der Waals surface area contributed by atoms with Crippen molar-refractivity contribution in [3.63, 3.8) is 0 Å². The van der Waals surface area contributed by atoms with Crippen LogP contribution < -0.4 is 4.90 Å². The van der Waals surface area contributed by atoms with Gasteiger partial charge in [0.05, 0.1) is 5.75 Å². The Morgan fingerprint density at radius 2 is 1.60 bits per heavy atom. The SMILES string of the molecule is CCN(C(=O)[C@H](C)S(=O)(=O)Cc1ccc(C(=O)N2CCCC2)cc1)c1ccccc1. The topological polar surface area (TPSA) is 74.8 Å². The molecule has 0 aromatic heterocycles. The van der Waals surface area contributed by atoms with E-state index in [1.807, 2.05) is 30.0 Å². The number of nitrogens with zero attached hydrogens (tertiary/aromatic N) is 2. The molecule has 0 saturated carbocycles. The minimum atomic E-state index is -3.71. The number of benzene rings is 2. The van der Waals surface area contributed by atoms with Crippen molar-refractivity contribution in [1.82, 2.24) is 4.90 Å². The summed E-state index contributed by atoms with van der Waals surface area (Å²) in [7, 11) is -3.71. The van der Waals surface area contributed by atoms with Crippen molar-refractivity contribution in [2.75, 3.05) is 24.5 Å². The molecule has 1 heterocycles. The van der Waals surface area contributed by atoms with Gasteiger partial charge < -0.3 is 9.80 Å². The lowest BCUT2D eigenvalue weighted by Crippen LogP contribution is -2.42. The van der Waals surface area contributed by atoms with E-state index in [2.05, 4.69) is 0 Å². The van der Waals surface area contributed by atoms with Gasteiger partial charge in [0.2, 0.25) is 5.91 Å². The molecule has 2 aromatic rings. The van der Waals surface area contributed by atoms with E-state index in [0.29, 0.717) is 23.4 Å². The molecule has 0 spiro atoms. The molecule has 1 saturated heterocycles. The van der Waals surface area contributed by atoms with Crippen LogP contribution in [0.1, 0.15) is 42.6 Å². The van der Waals surface area contributed by atoms with Crippen molar-refractivity contribution >= 4 is 27.3 Å². The van der Waals surface area contributed by atoms with Gasteiger partial charge in [-0.15, -0.1) is 0 Å². The van der Waals surface area contributed by atoms with Crippen LogP contribution in [0.5, 0.6) is 0 Å². The molecular weight excluding hydrogens is 400 g/mol. The Kier molecular flexibility index (Phi) is 6.92. The monoisotopic (exact) mass is 428 g/mol. The van der Waals surface area contributed by atoms with Crippen LogP contribution in [-0.2, 0) is 20.4 Å². The molecule has 1 aliphatic rings. The second kappa shape index (κ2) is 9.43. The summed E-state index contributed by atoms with van der Waals surface area (Å²) in [5, 5.41) is -1.16. The van der Waals surface area contributed by atoms with Gasteiger partial charge in [0.1, 0.15) is 5.25 Å². The van der Waals surface area contributed by atoms with Gasteiger partial charge in [0.25, 0.3) is 5.91 Å². The number of amides is 2. The van der Waals surface area contributed by atoms with Gasteiger partial charge in [-0.2, -0.15) is 0 Å². The second-order valence-electron chi connectivity index (χ2n) is 7.56. The third kappa shape index (κ3) is 4.90. The Morgan fingerprint density at radius 1 is 1.00 bits per heavy atom. The highest BCUT2D eigenvalue weighted by atomic mass is 32.2. The quantitative estimate of drug-likeness (QED) is 0.678. The molecule has 6 nitrogen and oxygen atoms in total. The fourth-order valence-corrected chi connectivity index (χ4v) is 4.99. The smallest absolute Gasteiger partial charge is 0.253 e. The third-order valence-electron chi connectivity index (χ3n) is 5.50. The predicted molar refractivity (Wildman–Crippen MR) is 118 cm³/mol. The van der Waals surface area contributed by atoms with Crippen LogP contribution in [0.3, 0.4) is 0 Å². The summed E-state index contributed by atoms with van der Waals surface area (Å²) in [5.74, 6) is -0.707. The number of carbonyl (C=O) groups is 2. The van der Waals surface area contributed by atoms with Gasteiger partial charge in [-0.25, -0.2) is 8.42 Å². The largest absolute Gasteiger partial charge is 0.339 e. The van der Waals surface area contributed by atoms with Crippen molar-refractivity contribution in [1.29, 1.82) is 0 Å². The Hall–Kier alpha value is -2.67. The van der Waals surface area contributed by atoms with E-state index in [4.69, 9.17) is 0 Å². The lowest BCUT2D eigenvalue weighted by atomic mass is 10.1. The molecule has 2 amide bonds. The van der Waals surface area contributed by atoms with Crippen LogP contribution in [0.2, 0.25) is 0 Å². The highest BCUT2D eigenvalue weighted by molar-refractivity contribution is 7.92. The summed E-state index contributed by atoms with van der Waals surface area (Å²) in [4.78, 5) is 28.6. The summed E-state index contributed by atoms with van der Waals surface area (Å²) in [6.45, 7) is 5.18. The number of carbonyl (C=O) groups excluding carboxylic acids is 2. The first-order valence-electron chi connectivity index (χ1n) is 10.3. The lowest BCUT2D eigenvalue weighted by Gasteiger charge is -2.24. The molecule has 0 unspecified atom stereocenters. The molecule has 160 valence electrons. The van der Waals surface area contributed by atoms with Crippen LogP contribution in [0.4, 0.5) is 5.69 Å². The minimum absolute atomic E-state index is 0.0214. The molecule has 1 aliphatic heterocycles. The molecule has 1 fully saturated rings. The maximum atomic E-state index is 12.9. The summed E-state index contributed by atoms with van der Waals surface area (Å²) in [6, 6.07) is 15.7. The van der Waals surface area contributed by atoms with E-state index in [9.17, 15) is 18.0 Å². The minimum Gasteiger partial charge on any atom is -0.339 e. The first kappa shape index (κ1) is 22.0. The van der Waals surface area contributed by atoms with Crippen molar-refractivity contribution < 1.29 is 18.0 Å². The molecule has 3 rings (SSSR count). The molecule has 30 heavy (non-hydrogen) atoms. The number of para-hydroxylation sites is 1. The molecular formula is C23H28N2O4S. The van der Waals surface area contributed by atoms with Gasteiger partial charge in [-0.05, 0) is 56.5 Å². The van der Waals surface area contributed by atoms with Gasteiger partial charge in [-0.1, -0.05) is 30.3 Å². The van der Waals surface area contributed by atoms with Crippen LogP contribution in [-0.4, -0.2) is 50.0 Å². The van der Waals surface area contributed by atoms with Crippen LogP contribution in [0.15, 0.2) is 54.6 Å². The molecule has 0 radical (unpaired) electrons. The summed E-state index contributed by atoms with van der Waals surface area (Å²) >= 11 is 0. The average molecular weight is 429 g/mol. The fraction of sp³-hybridized carbons (Fsp3) is 0.391. The number of rotatable bonds is 7. The Morgan fingerprint density at radius 3 is 2.17 bits per heavy atom.